The van der Waals surface area contributed by atoms with Gasteiger partial charge >= 0.3 is 5.97 Å². The van der Waals surface area contributed by atoms with Crippen molar-refractivity contribution in [3.63, 3.8) is 0 Å². The Morgan fingerprint density at radius 3 is 2.76 bits per heavy atom. The largest absolute Gasteiger partial charge is 0.478 e. The van der Waals surface area contributed by atoms with Gasteiger partial charge in [0.2, 0.25) is 0 Å². The lowest BCUT2D eigenvalue weighted by Gasteiger charge is -2.10. The van der Waals surface area contributed by atoms with E-state index in [2.05, 4.69) is 4.98 Å². The molecule has 0 aliphatic carbocycles. The lowest BCUT2D eigenvalue weighted by Crippen LogP contribution is -2.23. The number of benzene rings is 1. The fraction of sp³-hybridized carbons (Fsp3) is 0.214. The second-order valence-electron chi connectivity index (χ2n) is 4.59. The van der Waals surface area contributed by atoms with Gasteiger partial charge < -0.3 is 9.67 Å². The molecule has 0 radical (unpaired) electrons. The lowest BCUT2D eigenvalue weighted by molar-refractivity contribution is 0.0691. The van der Waals surface area contributed by atoms with Crippen molar-refractivity contribution in [2.45, 2.75) is 29.8 Å². The van der Waals surface area contributed by atoms with Crippen LogP contribution in [-0.2, 0) is 0 Å². The van der Waals surface area contributed by atoms with E-state index in [-0.39, 0.29) is 16.6 Å². The highest BCUT2D eigenvalue weighted by atomic mass is 32.2. The molecule has 0 unspecified atom stereocenters. The van der Waals surface area contributed by atoms with E-state index in [1.807, 2.05) is 13.8 Å². The Kier molecular flexibility index (Phi) is 4.42. The van der Waals surface area contributed by atoms with Crippen molar-refractivity contribution >= 4 is 17.7 Å². The monoisotopic (exact) mass is 308 g/mol. The Hall–Kier alpha value is -2.15. The third-order valence-electron chi connectivity index (χ3n) is 2.78. The predicted octanol–water partition coefficient (Wildman–Crippen LogP) is 2.81. The summed E-state index contributed by atoms with van der Waals surface area (Å²) in [5.74, 6) is -2.16. The van der Waals surface area contributed by atoms with Crippen molar-refractivity contribution in [3.8, 4) is 0 Å². The number of carboxylic acid groups (broad SMARTS) is 1. The first-order chi connectivity index (χ1) is 9.90. The number of carbonyl (C=O) groups is 1. The van der Waals surface area contributed by atoms with Crippen molar-refractivity contribution in [2.24, 2.45) is 0 Å². The predicted molar refractivity (Wildman–Crippen MR) is 76.4 cm³/mol. The smallest absolute Gasteiger partial charge is 0.338 e. The van der Waals surface area contributed by atoms with E-state index in [1.165, 1.54) is 22.9 Å². The molecule has 0 saturated heterocycles. The van der Waals surface area contributed by atoms with E-state index in [9.17, 15) is 14.0 Å². The fourth-order valence-electron chi connectivity index (χ4n) is 1.73. The number of hydrogen-bond acceptors (Lipinski definition) is 4. The van der Waals surface area contributed by atoms with Crippen LogP contribution in [0.25, 0.3) is 0 Å². The summed E-state index contributed by atoms with van der Waals surface area (Å²) in [7, 11) is 0. The van der Waals surface area contributed by atoms with E-state index in [0.717, 1.165) is 17.8 Å². The summed E-state index contributed by atoms with van der Waals surface area (Å²) >= 11 is 1.01. The number of aromatic carboxylic acids is 1. The van der Waals surface area contributed by atoms with Crippen LogP contribution in [0, 0.1) is 5.82 Å². The first-order valence-corrected chi connectivity index (χ1v) is 6.99. The molecule has 0 saturated carbocycles. The first-order valence-electron chi connectivity index (χ1n) is 6.18. The number of rotatable bonds is 4. The zero-order valence-corrected chi connectivity index (χ0v) is 12.2. The number of aromatic nitrogens is 2. The molecule has 0 aliphatic heterocycles. The van der Waals surface area contributed by atoms with E-state index >= 15 is 0 Å². The van der Waals surface area contributed by atoms with Crippen molar-refractivity contribution in [1.29, 1.82) is 0 Å². The number of hydrogen-bond donors (Lipinski definition) is 1. The molecule has 7 heteroatoms. The number of nitrogens with zero attached hydrogens (tertiary/aromatic N) is 2. The van der Waals surface area contributed by atoms with E-state index in [4.69, 9.17) is 5.11 Å². The normalized spacial score (nSPS) is 10.9. The minimum atomic E-state index is -1.35. The molecular formula is C14H13FN2O3S. The van der Waals surface area contributed by atoms with Gasteiger partial charge in [0.25, 0.3) is 5.56 Å². The molecule has 5 nitrogen and oxygen atoms in total. The quantitative estimate of drug-likeness (QED) is 0.940. The Morgan fingerprint density at radius 1 is 1.43 bits per heavy atom. The van der Waals surface area contributed by atoms with Crippen molar-refractivity contribution in [1.82, 2.24) is 9.55 Å². The van der Waals surface area contributed by atoms with Crippen LogP contribution >= 0.6 is 11.8 Å². The molecule has 0 amide bonds. The van der Waals surface area contributed by atoms with Crippen LogP contribution < -0.4 is 5.56 Å². The maximum Gasteiger partial charge on any atom is 0.338 e. The highest BCUT2D eigenvalue weighted by Crippen LogP contribution is 2.25. The summed E-state index contributed by atoms with van der Waals surface area (Å²) in [6.07, 6.45) is 3.09. The summed E-state index contributed by atoms with van der Waals surface area (Å²) in [4.78, 5) is 27.5. The highest BCUT2D eigenvalue weighted by Gasteiger charge is 2.14. The van der Waals surface area contributed by atoms with Gasteiger partial charge in [-0.15, -0.1) is 0 Å². The molecule has 0 aliphatic rings. The topological polar surface area (TPSA) is 72.2 Å². The van der Waals surface area contributed by atoms with Crippen molar-refractivity contribution < 1.29 is 14.3 Å². The maximum atomic E-state index is 13.3. The standard InChI is InChI=1S/C14H13FN2O3S/c1-8(2)17-6-5-16-12(13(17)18)21-9-3-4-11(15)10(7-9)14(19)20/h3-8H,1-2H3,(H,19,20). The van der Waals surface area contributed by atoms with Gasteiger partial charge in [-0.1, -0.05) is 11.8 Å². The van der Waals surface area contributed by atoms with Gasteiger partial charge in [0.15, 0.2) is 5.03 Å². The summed E-state index contributed by atoms with van der Waals surface area (Å²) in [6, 6.07) is 3.66. The second-order valence-corrected chi connectivity index (χ2v) is 5.65. The van der Waals surface area contributed by atoms with E-state index in [0.29, 0.717) is 4.90 Å². The van der Waals surface area contributed by atoms with Crippen LogP contribution in [0.4, 0.5) is 4.39 Å². The fourth-order valence-corrected chi connectivity index (χ4v) is 2.57. The minimum absolute atomic E-state index is 0.0114. The van der Waals surface area contributed by atoms with Gasteiger partial charge in [-0.2, -0.15) is 0 Å². The SMILES string of the molecule is CC(C)n1ccnc(Sc2ccc(F)c(C(=O)O)c2)c1=O. The van der Waals surface area contributed by atoms with E-state index in [1.54, 1.807) is 6.20 Å². The van der Waals surface area contributed by atoms with E-state index < -0.39 is 17.3 Å². The first kappa shape index (κ1) is 15.2. The molecule has 1 N–H and O–H groups in total. The Labute approximate surface area is 124 Å². The molecule has 0 bridgehead atoms. The van der Waals surface area contributed by atoms with Crippen LogP contribution in [-0.4, -0.2) is 20.6 Å². The van der Waals surface area contributed by atoms with Gasteiger partial charge in [-0.3, -0.25) is 4.79 Å². The molecule has 2 aromatic rings. The Morgan fingerprint density at radius 2 is 2.14 bits per heavy atom. The molecule has 21 heavy (non-hydrogen) atoms. The molecule has 0 atom stereocenters. The lowest BCUT2D eigenvalue weighted by atomic mass is 10.2. The van der Waals surface area contributed by atoms with Crippen LogP contribution in [0.5, 0.6) is 0 Å². The molecule has 1 aromatic heterocycles. The maximum absolute atomic E-state index is 13.3. The third kappa shape index (κ3) is 3.30. The van der Waals surface area contributed by atoms with Crippen LogP contribution in [0.15, 0.2) is 45.3 Å². The Balaban J connectivity index is 2.39. The summed E-state index contributed by atoms with van der Waals surface area (Å²) in [6.45, 7) is 3.74. The third-order valence-corrected chi connectivity index (χ3v) is 3.74. The van der Waals surface area contributed by atoms with Crippen LogP contribution in [0.2, 0.25) is 0 Å². The molecule has 1 aromatic carbocycles. The summed E-state index contributed by atoms with van der Waals surface area (Å²) < 4.78 is 14.9. The van der Waals surface area contributed by atoms with Gasteiger partial charge in [0, 0.05) is 23.3 Å². The number of carboxylic acids is 1. The van der Waals surface area contributed by atoms with Crippen LogP contribution in [0.1, 0.15) is 30.2 Å². The molecule has 1 heterocycles. The highest BCUT2D eigenvalue weighted by molar-refractivity contribution is 7.99. The summed E-state index contributed by atoms with van der Waals surface area (Å²) in [5.41, 5.74) is -0.696. The average Bonchev–Trinajstić information content (AvgIpc) is 2.42. The molecule has 110 valence electrons. The summed E-state index contributed by atoms with van der Waals surface area (Å²) in [5, 5.41) is 9.11. The molecular weight excluding hydrogens is 295 g/mol. The van der Waals surface area contributed by atoms with Crippen molar-refractivity contribution in [3.05, 3.63) is 52.3 Å². The van der Waals surface area contributed by atoms with Crippen molar-refractivity contribution in [2.75, 3.05) is 0 Å². The number of halogens is 1. The van der Waals surface area contributed by atoms with Gasteiger partial charge in [-0.05, 0) is 32.0 Å². The average molecular weight is 308 g/mol. The van der Waals surface area contributed by atoms with Gasteiger partial charge in [-0.25, -0.2) is 14.2 Å². The minimum Gasteiger partial charge on any atom is -0.478 e. The zero-order valence-electron chi connectivity index (χ0n) is 11.4. The Bertz CT molecular complexity index is 743. The second kappa shape index (κ2) is 6.09. The van der Waals surface area contributed by atoms with Gasteiger partial charge in [0.05, 0.1) is 5.56 Å². The molecule has 2 rings (SSSR count). The zero-order chi connectivity index (χ0) is 15.6. The van der Waals surface area contributed by atoms with Crippen LogP contribution in [0.3, 0.4) is 0 Å². The molecule has 0 spiro atoms. The molecule has 0 fully saturated rings. The van der Waals surface area contributed by atoms with Gasteiger partial charge in [0.1, 0.15) is 5.82 Å².